The number of rotatable bonds is 8. The van der Waals surface area contributed by atoms with Gasteiger partial charge < -0.3 is 13.8 Å². The van der Waals surface area contributed by atoms with Gasteiger partial charge in [0, 0.05) is 20.1 Å². The van der Waals surface area contributed by atoms with Gasteiger partial charge in [0.15, 0.2) is 0 Å². The molecule has 6 heteroatoms. The van der Waals surface area contributed by atoms with Crippen molar-refractivity contribution in [1.82, 2.24) is 4.67 Å². The fraction of sp³-hybridized carbons (Fsp3) is 0.929. The van der Waals surface area contributed by atoms with E-state index in [0.717, 1.165) is 6.42 Å². The fourth-order valence-electron chi connectivity index (χ4n) is 2.16. The van der Waals surface area contributed by atoms with Crippen molar-refractivity contribution in [3.63, 3.8) is 0 Å². The molecule has 0 spiro atoms. The van der Waals surface area contributed by atoms with Crippen molar-refractivity contribution >= 4 is 8.53 Å². The molecule has 1 saturated heterocycles. The Balaban J connectivity index is 2.73. The molecular formula is C14H27N2O3P. The second kappa shape index (κ2) is 8.92. The van der Waals surface area contributed by atoms with Crippen LogP contribution in [-0.2, 0) is 13.8 Å². The number of ether oxygens (including phenoxy) is 1. The van der Waals surface area contributed by atoms with Crippen LogP contribution in [0.25, 0.3) is 0 Å². The average Bonchev–Trinajstić information content (AvgIpc) is 2.85. The number of nitriles is 1. The first-order chi connectivity index (χ1) is 10.0. The van der Waals surface area contributed by atoms with E-state index >= 15 is 0 Å². The van der Waals surface area contributed by atoms with E-state index in [2.05, 4.69) is 38.4 Å². The summed E-state index contributed by atoms with van der Waals surface area (Å²) < 4.78 is 27.2. The van der Waals surface area contributed by atoms with Crippen LogP contribution in [0.1, 0.15) is 48.8 Å². The minimum absolute atomic E-state index is 0.0873. The van der Waals surface area contributed by atoms with Crippen LogP contribution in [0.2, 0.25) is 0 Å². The molecule has 0 saturated carbocycles. The van der Waals surface area contributed by atoms with Crippen LogP contribution < -0.4 is 0 Å². The topological polar surface area (TPSA) is 54.7 Å². The molecule has 0 bridgehead atoms. The van der Waals surface area contributed by atoms with Gasteiger partial charge in [-0.15, -0.1) is 0 Å². The van der Waals surface area contributed by atoms with E-state index in [4.69, 9.17) is 20.4 Å². The van der Waals surface area contributed by atoms with Gasteiger partial charge in [0.1, 0.15) is 0 Å². The highest BCUT2D eigenvalue weighted by Crippen LogP contribution is 2.48. The van der Waals surface area contributed by atoms with Gasteiger partial charge in [-0.25, -0.2) is 4.67 Å². The third kappa shape index (κ3) is 5.27. The van der Waals surface area contributed by atoms with Gasteiger partial charge in [0.2, 0.25) is 0 Å². The summed E-state index contributed by atoms with van der Waals surface area (Å²) in [5.41, 5.74) is 0. The first-order valence-electron chi connectivity index (χ1n) is 7.87. The summed E-state index contributed by atoms with van der Waals surface area (Å²) in [6.07, 6.45) is 0.898. The van der Waals surface area contributed by atoms with Gasteiger partial charge in [-0.05, 0) is 41.0 Å². The molecular weight excluding hydrogens is 275 g/mol. The molecule has 0 aromatic rings. The Kier molecular flexibility index (Phi) is 7.19. The van der Waals surface area contributed by atoms with Crippen molar-refractivity contribution in [3.05, 3.63) is 0 Å². The molecule has 1 fully saturated rings. The monoisotopic (exact) mass is 303 g/mol. The minimum atomic E-state index is -1.24. The SMILES string of the molecule is [2H]C[C@H]1OCC[C@@H]1OP(OCCC#N)N(C(C)C)C(C)C. The molecule has 0 N–H and O–H groups in total. The molecule has 0 aliphatic carbocycles. The summed E-state index contributed by atoms with van der Waals surface area (Å²) in [5, 5.41) is 8.68. The summed E-state index contributed by atoms with van der Waals surface area (Å²) >= 11 is 0. The molecule has 1 rings (SSSR count). The number of hydrogen-bond acceptors (Lipinski definition) is 5. The van der Waals surface area contributed by atoms with Crippen LogP contribution in [0.3, 0.4) is 0 Å². The van der Waals surface area contributed by atoms with Crippen LogP contribution >= 0.6 is 8.53 Å². The van der Waals surface area contributed by atoms with E-state index in [0.29, 0.717) is 19.6 Å². The quantitative estimate of drug-likeness (QED) is 0.508. The predicted molar refractivity (Wildman–Crippen MR) is 80.1 cm³/mol. The molecule has 1 unspecified atom stereocenters. The van der Waals surface area contributed by atoms with Crippen LogP contribution in [-0.4, -0.2) is 42.2 Å². The Morgan fingerprint density at radius 1 is 1.45 bits per heavy atom. The van der Waals surface area contributed by atoms with E-state index < -0.39 is 8.53 Å². The number of hydrogen-bond donors (Lipinski definition) is 0. The van der Waals surface area contributed by atoms with Gasteiger partial charge in [-0.3, -0.25) is 0 Å². The lowest BCUT2D eigenvalue weighted by Crippen LogP contribution is -2.35. The van der Waals surface area contributed by atoms with Gasteiger partial charge in [0.05, 0.1) is 31.3 Å². The molecule has 1 heterocycles. The van der Waals surface area contributed by atoms with Gasteiger partial charge in [0.25, 0.3) is 8.53 Å². The second-order valence-corrected chi connectivity index (χ2v) is 6.80. The molecule has 0 aromatic carbocycles. The van der Waals surface area contributed by atoms with E-state index in [1.165, 1.54) is 0 Å². The first kappa shape index (κ1) is 16.1. The molecule has 20 heavy (non-hydrogen) atoms. The zero-order chi connectivity index (χ0) is 15.8. The van der Waals surface area contributed by atoms with Crippen molar-refractivity contribution in [2.75, 3.05) is 13.2 Å². The minimum Gasteiger partial charge on any atom is -0.376 e. The van der Waals surface area contributed by atoms with Crippen molar-refractivity contribution < 1.29 is 15.2 Å². The third-order valence-electron chi connectivity index (χ3n) is 3.04. The van der Waals surface area contributed by atoms with E-state index in [1.807, 2.05) is 0 Å². The highest BCUT2D eigenvalue weighted by Gasteiger charge is 2.34. The highest BCUT2D eigenvalue weighted by molar-refractivity contribution is 7.44. The van der Waals surface area contributed by atoms with E-state index in [-0.39, 0.29) is 31.2 Å². The third-order valence-corrected chi connectivity index (χ3v) is 5.19. The Morgan fingerprint density at radius 2 is 2.15 bits per heavy atom. The molecule has 1 aliphatic rings. The fourth-order valence-corrected chi connectivity index (χ4v) is 3.94. The summed E-state index contributed by atoms with van der Waals surface area (Å²) in [5.74, 6) is 0. The highest BCUT2D eigenvalue weighted by atomic mass is 31.2. The zero-order valence-electron chi connectivity index (χ0n) is 13.9. The largest absolute Gasteiger partial charge is 0.376 e. The smallest absolute Gasteiger partial charge is 0.259 e. The molecule has 3 atom stereocenters. The summed E-state index contributed by atoms with van der Waals surface area (Å²) in [7, 11) is -1.24. The van der Waals surface area contributed by atoms with Crippen molar-refractivity contribution in [1.29, 1.82) is 5.26 Å². The number of nitrogens with zero attached hydrogens (tertiary/aromatic N) is 2. The van der Waals surface area contributed by atoms with Gasteiger partial charge in [-0.1, -0.05) is 0 Å². The lowest BCUT2D eigenvalue weighted by molar-refractivity contribution is 0.0545. The molecule has 5 nitrogen and oxygen atoms in total. The predicted octanol–water partition coefficient (Wildman–Crippen LogP) is 3.46. The average molecular weight is 303 g/mol. The van der Waals surface area contributed by atoms with E-state index in [1.54, 1.807) is 0 Å². The molecule has 0 aromatic heterocycles. The Bertz CT molecular complexity index is 331. The maximum atomic E-state index is 8.68. The Labute approximate surface area is 125 Å². The second-order valence-electron chi connectivity index (χ2n) is 5.39. The lowest BCUT2D eigenvalue weighted by atomic mass is 10.2. The van der Waals surface area contributed by atoms with Gasteiger partial charge >= 0.3 is 0 Å². The van der Waals surface area contributed by atoms with Crippen LogP contribution in [0.5, 0.6) is 0 Å². The standard InChI is InChI=1S/C14H27N2O3P/c1-11(2)16(12(3)4)20(18-9-6-8-15)19-14-7-10-17-13(14)5/h11-14H,6-7,9-10H2,1-5H3/t13-,14+,20?/m1/s1/i5D. The Morgan fingerprint density at radius 3 is 2.70 bits per heavy atom. The molecule has 116 valence electrons. The van der Waals surface area contributed by atoms with Crippen LogP contribution in [0.15, 0.2) is 0 Å². The van der Waals surface area contributed by atoms with Crippen LogP contribution in [0.4, 0.5) is 0 Å². The summed E-state index contributed by atoms with van der Waals surface area (Å²) in [6, 6.07) is 2.66. The molecule has 1 aliphatic heterocycles. The lowest BCUT2D eigenvalue weighted by Gasteiger charge is -2.37. The first-order valence-corrected chi connectivity index (χ1v) is 8.30. The summed E-state index contributed by atoms with van der Waals surface area (Å²) in [4.78, 5) is 0. The van der Waals surface area contributed by atoms with Gasteiger partial charge in [-0.2, -0.15) is 5.26 Å². The maximum Gasteiger partial charge on any atom is 0.259 e. The maximum absolute atomic E-state index is 8.68. The molecule has 0 radical (unpaired) electrons. The normalized spacial score (nSPS) is 25.2. The van der Waals surface area contributed by atoms with Crippen molar-refractivity contribution in [2.45, 2.75) is 71.7 Å². The zero-order valence-corrected chi connectivity index (χ0v) is 13.8. The van der Waals surface area contributed by atoms with Crippen molar-refractivity contribution in [2.24, 2.45) is 0 Å². The summed E-state index contributed by atoms with van der Waals surface area (Å²) in [6.45, 7) is 9.66. The molecule has 0 amide bonds. The van der Waals surface area contributed by atoms with E-state index in [9.17, 15) is 0 Å². The Hall–Kier alpha value is -0.240. The van der Waals surface area contributed by atoms with Crippen molar-refractivity contribution in [3.8, 4) is 6.07 Å². The van der Waals surface area contributed by atoms with Crippen LogP contribution in [0, 0.1) is 11.3 Å².